The number of aromatic nitrogens is 2. The zero-order chi connectivity index (χ0) is 10.2. The molecular formula is C10H15N3S. The third-order valence-electron chi connectivity index (χ3n) is 1.56. The monoisotopic (exact) mass is 209 g/mol. The van der Waals surface area contributed by atoms with Crippen LogP contribution in [-0.2, 0) is 0 Å². The number of rotatable bonds is 6. The minimum Gasteiger partial charge on any atom is -0.369 e. The smallest absolute Gasteiger partial charge is 0.129 e. The lowest BCUT2D eigenvalue weighted by molar-refractivity contribution is 1.04. The van der Waals surface area contributed by atoms with E-state index in [9.17, 15) is 0 Å². The molecule has 0 aromatic carbocycles. The summed E-state index contributed by atoms with van der Waals surface area (Å²) in [5.41, 5.74) is 0. The lowest BCUT2D eigenvalue weighted by Gasteiger charge is -2.04. The number of hydrogen-bond acceptors (Lipinski definition) is 4. The van der Waals surface area contributed by atoms with Gasteiger partial charge in [0.25, 0.3) is 0 Å². The van der Waals surface area contributed by atoms with E-state index in [-0.39, 0.29) is 0 Å². The van der Waals surface area contributed by atoms with E-state index in [2.05, 4.69) is 21.9 Å². The minimum atomic E-state index is 0.800. The molecule has 1 aromatic rings. The van der Waals surface area contributed by atoms with Crippen LogP contribution in [0.25, 0.3) is 0 Å². The highest BCUT2D eigenvalue weighted by Crippen LogP contribution is 2.03. The van der Waals surface area contributed by atoms with Gasteiger partial charge in [0.05, 0.1) is 0 Å². The molecule has 1 aromatic heterocycles. The average molecular weight is 209 g/mol. The molecule has 0 aliphatic rings. The van der Waals surface area contributed by atoms with Gasteiger partial charge in [-0.05, 0) is 13.0 Å². The summed E-state index contributed by atoms with van der Waals surface area (Å²) in [6.07, 6.45) is 3.68. The van der Waals surface area contributed by atoms with Crippen molar-refractivity contribution in [3.63, 3.8) is 0 Å². The van der Waals surface area contributed by atoms with Crippen molar-refractivity contribution >= 4 is 17.6 Å². The van der Waals surface area contributed by atoms with Gasteiger partial charge >= 0.3 is 0 Å². The zero-order valence-electron chi connectivity index (χ0n) is 8.36. The van der Waals surface area contributed by atoms with E-state index >= 15 is 0 Å². The van der Waals surface area contributed by atoms with Crippen LogP contribution in [0.2, 0.25) is 0 Å². The Bertz CT molecular complexity index is 288. The van der Waals surface area contributed by atoms with E-state index in [1.807, 2.05) is 30.8 Å². The van der Waals surface area contributed by atoms with E-state index < -0.39 is 0 Å². The van der Waals surface area contributed by atoms with Crippen LogP contribution in [0, 0.1) is 6.92 Å². The summed E-state index contributed by atoms with van der Waals surface area (Å²) in [6.45, 7) is 6.48. The van der Waals surface area contributed by atoms with Gasteiger partial charge in [-0.1, -0.05) is 6.08 Å². The maximum absolute atomic E-state index is 4.24. The fourth-order valence-electron chi connectivity index (χ4n) is 0.973. The first-order valence-corrected chi connectivity index (χ1v) is 5.70. The molecular weight excluding hydrogens is 194 g/mol. The topological polar surface area (TPSA) is 37.8 Å². The van der Waals surface area contributed by atoms with Crippen LogP contribution in [0.5, 0.6) is 0 Å². The molecule has 0 saturated heterocycles. The second-order valence-corrected chi connectivity index (χ2v) is 3.93. The summed E-state index contributed by atoms with van der Waals surface area (Å²) in [6, 6.07) is 1.88. The third kappa shape index (κ3) is 4.28. The Morgan fingerprint density at radius 2 is 2.50 bits per heavy atom. The van der Waals surface area contributed by atoms with Crippen molar-refractivity contribution in [2.24, 2.45) is 0 Å². The zero-order valence-corrected chi connectivity index (χ0v) is 9.18. The molecule has 76 valence electrons. The van der Waals surface area contributed by atoms with Gasteiger partial charge in [-0.25, -0.2) is 9.97 Å². The molecule has 3 nitrogen and oxygen atoms in total. The van der Waals surface area contributed by atoms with Gasteiger partial charge in [-0.2, -0.15) is 11.8 Å². The highest BCUT2D eigenvalue weighted by atomic mass is 32.2. The number of thioether (sulfide) groups is 1. The first-order valence-electron chi connectivity index (χ1n) is 4.55. The Hall–Kier alpha value is -1.03. The van der Waals surface area contributed by atoms with Gasteiger partial charge in [0.2, 0.25) is 0 Å². The van der Waals surface area contributed by atoms with Gasteiger partial charge in [-0.3, -0.25) is 0 Å². The van der Waals surface area contributed by atoms with E-state index in [4.69, 9.17) is 0 Å². The fraction of sp³-hybridized carbons (Fsp3) is 0.400. The molecule has 0 atom stereocenters. The maximum atomic E-state index is 4.24. The molecule has 14 heavy (non-hydrogen) atoms. The SMILES string of the molecule is C=CCSCCNc1ccnc(C)n1. The van der Waals surface area contributed by atoms with Gasteiger partial charge in [0.1, 0.15) is 11.6 Å². The molecule has 0 amide bonds. The molecule has 0 saturated carbocycles. The van der Waals surface area contributed by atoms with Crippen molar-refractivity contribution in [2.75, 3.05) is 23.4 Å². The van der Waals surface area contributed by atoms with Gasteiger partial charge in [0.15, 0.2) is 0 Å². The Balaban J connectivity index is 2.21. The van der Waals surface area contributed by atoms with Crippen LogP contribution in [0.3, 0.4) is 0 Å². The van der Waals surface area contributed by atoms with E-state index in [0.717, 1.165) is 29.7 Å². The van der Waals surface area contributed by atoms with Crippen LogP contribution in [0.4, 0.5) is 5.82 Å². The molecule has 1 heterocycles. The first kappa shape index (κ1) is 11.0. The molecule has 0 aliphatic carbocycles. The molecule has 4 heteroatoms. The van der Waals surface area contributed by atoms with Gasteiger partial charge in [-0.15, -0.1) is 6.58 Å². The van der Waals surface area contributed by atoms with E-state index in [1.165, 1.54) is 0 Å². The number of hydrogen-bond donors (Lipinski definition) is 1. The predicted octanol–water partition coefficient (Wildman–Crippen LogP) is 2.12. The van der Waals surface area contributed by atoms with Crippen molar-refractivity contribution in [1.29, 1.82) is 0 Å². The Morgan fingerprint density at radius 1 is 1.64 bits per heavy atom. The molecule has 0 bridgehead atoms. The summed E-state index contributed by atoms with van der Waals surface area (Å²) in [7, 11) is 0. The van der Waals surface area contributed by atoms with Crippen LogP contribution < -0.4 is 5.32 Å². The Labute approximate surface area is 89.0 Å². The van der Waals surface area contributed by atoms with Crippen LogP contribution in [0.1, 0.15) is 5.82 Å². The van der Waals surface area contributed by atoms with Crippen LogP contribution >= 0.6 is 11.8 Å². The molecule has 0 fully saturated rings. The van der Waals surface area contributed by atoms with Gasteiger partial charge < -0.3 is 5.32 Å². The first-order chi connectivity index (χ1) is 6.83. The normalized spacial score (nSPS) is 9.79. The second-order valence-electron chi connectivity index (χ2n) is 2.78. The summed E-state index contributed by atoms with van der Waals surface area (Å²) in [5, 5.41) is 3.24. The summed E-state index contributed by atoms with van der Waals surface area (Å²) in [5.74, 6) is 3.77. The van der Waals surface area contributed by atoms with E-state index in [0.29, 0.717) is 0 Å². The summed E-state index contributed by atoms with van der Waals surface area (Å²) in [4.78, 5) is 8.27. The highest BCUT2D eigenvalue weighted by molar-refractivity contribution is 7.99. The van der Waals surface area contributed by atoms with Gasteiger partial charge in [0, 0.05) is 24.2 Å². The van der Waals surface area contributed by atoms with E-state index in [1.54, 1.807) is 6.20 Å². The molecule has 1 rings (SSSR count). The van der Waals surface area contributed by atoms with Crippen LogP contribution in [-0.4, -0.2) is 28.0 Å². The maximum Gasteiger partial charge on any atom is 0.129 e. The highest BCUT2D eigenvalue weighted by Gasteiger charge is 1.93. The standard InChI is InChI=1S/C10H15N3S/c1-3-7-14-8-6-12-10-4-5-11-9(2)13-10/h3-5H,1,6-8H2,2H3,(H,11,12,13). The van der Waals surface area contributed by atoms with Crippen molar-refractivity contribution < 1.29 is 0 Å². The summed E-state index contributed by atoms with van der Waals surface area (Å²) >= 11 is 1.85. The minimum absolute atomic E-state index is 0.800. The average Bonchev–Trinajstić information content (AvgIpc) is 2.18. The quantitative estimate of drug-likeness (QED) is 0.575. The van der Waals surface area contributed by atoms with Crippen molar-refractivity contribution in [2.45, 2.75) is 6.92 Å². The molecule has 0 unspecified atom stereocenters. The molecule has 0 radical (unpaired) electrons. The fourth-order valence-corrected chi connectivity index (χ4v) is 1.55. The Kier molecular flexibility index (Phi) is 5.07. The predicted molar refractivity (Wildman–Crippen MR) is 62.8 cm³/mol. The second kappa shape index (κ2) is 6.43. The largest absolute Gasteiger partial charge is 0.369 e. The van der Waals surface area contributed by atoms with Crippen molar-refractivity contribution in [3.05, 3.63) is 30.7 Å². The number of aryl methyl sites for hydroxylation is 1. The number of anilines is 1. The van der Waals surface area contributed by atoms with Crippen molar-refractivity contribution in [1.82, 2.24) is 9.97 Å². The lowest BCUT2D eigenvalue weighted by atomic mass is 10.5. The molecule has 0 aliphatic heterocycles. The van der Waals surface area contributed by atoms with Crippen molar-refractivity contribution in [3.8, 4) is 0 Å². The molecule has 1 N–H and O–H groups in total. The Morgan fingerprint density at radius 3 is 3.21 bits per heavy atom. The number of nitrogens with zero attached hydrogens (tertiary/aromatic N) is 2. The lowest BCUT2D eigenvalue weighted by Crippen LogP contribution is -2.06. The molecule has 0 spiro atoms. The number of nitrogens with one attached hydrogen (secondary N) is 1. The summed E-state index contributed by atoms with van der Waals surface area (Å²) < 4.78 is 0. The van der Waals surface area contributed by atoms with Crippen LogP contribution in [0.15, 0.2) is 24.9 Å². The third-order valence-corrected chi connectivity index (χ3v) is 2.53.